The van der Waals surface area contributed by atoms with Crippen molar-refractivity contribution in [1.82, 2.24) is 15.2 Å². The first-order valence-corrected chi connectivity index (χ1v) is 7.55. The average molecular weight is 305 g/mol. The lowest BCUT2D eigenvalue weighted by Crippen LogP contribution is -2.09. The van der Waals surface area contributed by atoms with Crippen molar-refractivity contribution in [2.45, 2.75) is 19.9 Å². The standard InChI is InChI=1S/C18H19N5/c1-13-7-6-10-16(11-13)21-18-22-17(12-19-23-18)20-14(2)15-8-4-3-5-9-15/h3-12,14H,1-2H3,(H2,20,21,22,23). The molecule has 0 bridgehead atoms. The first kappa shape index (κ1) is 15.0. The Kier molecular flexibility index (Phi) is 4.47. The Morgan fingerprint density at radius 2 is 1.83 bits per heavy atom. The summed E-state index contributed by atoms with van der Waals surface area (Å²) < 4.78 is 0. The average Bonchev–Trinajstić information content (AvgIpc) is 2.56. The molecular formula is C18H19N5. The SMILES string of the molecule is Cc1cccc(Nc2nncc(NC(C)c3ccccc3)n2)c1. The van der Waals surface area contributed by atoms with Crippen LogP contribution < -0.4 is 10.6 Å². The minimum atomic E-state index is 0.139. The zero-order chi connectivity index (χ0) is 16.1. The molecule has 3 rings (SSSR count). The van der Waals surface area contributed by atoms with E-state index < -0.39 is 0 Å². The van der Waals surface area contributed by atoms with E-state index in [0.717, 1.165) is 5.69 Å². The van der Waals surface area contributed by atoms with Crippen LogP contribution >= 0.6 is 0 Å². The van der Waals surface area contributed by atoms with E-state index in [0.29, 0.717) is 11.8 Å². The molecule has 3 aromatic rings. The summed E-state index contributed by atoms with van der Waals surface area (Å²) in [6.45, 7) is 4.13. The predicted molar refractivity (Wildman–Crippen MR) is 92.8 cm³/mol. The van der Waals surface area contributed by atoms with Crippen LogP contribution in [-0.2, 0) is 0 Å². The number of hydrogen-bond acceptors (Lipinski definition) is 5. The lowest BCUT2D eigenvalue weighted by molar-refractivity contribution is 0.861. The zero-order valence-electron chi connectivity index (χ0n) is 13.2. The van der Waals surface area contributed by atoms with E-state index in [4.69, 9.17) is 0 Å². The van der Waals surface area contributed by atoms with E-state index in [2.05, 4.69) is 44.9 Å². The van der Waals surface area contributed by atoms with Gasteiger partial charge in [-0.05, 0) is 37.1 Å². The molecule has 0 spiro atoms. The Morgan fingerprint density at radius 1 is 1.00 bits per heavy atom. The van der Waals surface area contributed by atoms with Crippen molar-refractivity contribution in [1.29, 1.82) is 0 Å². The largest absolute Gasteiger partial charge is 0.362 e. The molecule has 0 saturated carbocycles. The lowest BCUT2D eigenvalue weighted by Gasteiger charge is -2.15. The third kappa shape index (κ3) is 4.03. The maximum Gasteiger partial charge on any atom is 0.249 e. The highest BCUT2D eigenvalue weighted by atomic mass is 15.3. The fourth-order valence-corrected chi connectivity index (χ4v) is 2.32. The Hall–Kier alpha value is -2.95. The molecule has 2 aromatic carbocycles. The number of anilines is 3. The normalized spacial score (nSPS) is 11.7. The van der Waals surface area contributed by atoms with Crippen molar-refractivity contribution >= 4 is 17.5 Å². The Labute approximate surface area is 135 Å². The summed E-state index contributed by atoms with van der Waals surface area (Å²) in [4.78, 5) is 4.47. The number of aromatic nitrogens is 3. The second-order valence-electron chi connectivity index (χ2n) is 5.44. The molecule has 5 heteroatoms. The van der Waals surface area contributed by atoms with Crippen LogP contribution in [0.25, 0.3) is 0 Å². The van der Waals surface area contributed by atoms with Gasteiger partial charge in [0.25, 0.3) is 0 Å². The monoisotopic (exact) mass is 305 g/mol. The van der Waals surface area contributed by atoms with Crippen LogP contribution in [0.2, 0.25) is 0 Å². The van der Waals surface area contributed by atoms with Gasteiger partial charge in [-0.3, -0.25) is 0 Å². The topological polar surface area (TPSA) is 62.7 Å². The van der Waals surface area contributed by atoms with Crippen LogP contribution in [0, 0.1) is 6.92 Å². The Balaban J connectivity index is 1.72. The van der Waals surface area contributed by atoms with E-state index in [1.165, 1.54) is 11.1 Å². The fraction of sp³-hybridized carbons (Fsp3) is 0.167. The van der Waals surface area contributed by atoms with Gasteiger partial charge < -0.3 is 10.6 Å². The van der Waals surface area contributed by atoms with Gasteiger partial charge in [0, 0.05) is 11.7 Å². The van der Waals surface area contributed by atoms with Gasteiger partial charge in [0.2, 0.25) is 5.95 Å². The molecule has 1 atom stereocenters. The van der Waals surface area contributed by atoms with Gasteiger partial charge in [0.1, 0.15) is 0 Å². The predicted octanol–water partition coefficient (Wildman–Crippen LogP) is 4.10. The first-order chi connectivity index (χ1) is 11.2. The van der Waals surface area contributed by atoms with E-state index in [9.17, 15) is 0 Å². The summed E-state index contributed by atoms with van der Waals surface area (Å²) in [5.74, 6) is 1.16. The van der Waals surface area contributed by atoms with E-state index in [1.807, 2.05) is 49.4 Å². The first-order valence-electron chi connectivity index (χ1n) is 7.55. The third-order valence-electron chi connectivity index (χ3n) is 3.50. The van der Waals surface area contributed by atoms with Crippen LogP contribution in [0.15, 0.2) is 60.8 Å². The van der Waals surface area contributed by atoms with Gasteiger partial charge in [-0.2, -0.15) is 10.1 Å². The Bertz CT molecular complexity index is 773. The van der Waals surface area contributed by atoms with Crippen molar-refractivity contribution in [2.24, 2.45) is 0 Å². The van der Waals surface area contributed by atoms with Crippen LogP contribution in [0.4, 0.5) is 17.5 Å². The maximum atomic E-state index is 4.47. The maximum absolute atomic E-state index is 4.47. The summed E-state index contributed by atoms with van der Waals surface area (Å²) >= 11 is 0. The molecular weight excluding hydrogens is 286 g/mol. The molecule has 1 aromatic heterocycles. The number of rotatable bonds is 5. The van der Waals surface area contributed by atoms with Crippen molar-refractivity contribution in [2.75, 3.05) is 10.6 Å². The summed E-state index contributed by atoms with van der Waals surface area (Å²) in [6, 6.07) is 18.4. The number of hydrogen-bond donors (Lipinski definition) is 2. The van der Waals surface area contributed by atoms with Crippen molar-refractivity contribution < 1.29 is 0 Å². The van der Waals surface area contributed by atoms with Gasteiger partial charge >= 0.3 is 0 Å². The molecule has 1 heterocycles. The van der Waals surface area contributed by atoms with Crippen LogP contribution in [0.5, 0.6) is 0 Å². The van der Waals surface area contributed by atoms with Gasteiger partial charge in [-0.25, -0.2) is 0 Å². The van der Waals surface area contributed by atoms with Crippen molar-refractivity contribution in [3.05, 3.63) is 71.9 Å². The summed E-state index contributed by atoms with van der Waals surface area (Å²) in [6.07, 6.45) is 1.63. The van der Waals surface area contributed by atoms with Crippen LogP contribution in [0.1, 0.15) is 24.1 Å². The number of benzene rings is 2. The fourth-order valence-electron chi connectivity index (χ4n) is 2.32. The smallest absolute Gasteiger partial charge is 0.249 e. The molecule has 0 radical (unpaired) electrons. The highest BCUT2D eigenvalue weighted by Crippen LogP contribution is 2.19. The van der Waals surface area contributed by atoms with Gasteiger partial charge in [0.15, 0.2) is 5.82 Å². The van der Waals surface area contributed by atoms with Crippen LogP contribution in [0.3, 0.4) is 0 Å². The second-order valence-corrected chi connectivity index (χ2v) is 5.44. The highest BCUT2D eigenvalue weighted by Gasteiger charge is 2.07. The molecule has 0 aliphatic rings. The van der Waals surface area contributed by atoms with Gasteiger partial charge in [-0.15, -0.1) is 5.10 Å². The molecule has 0 saturated heterocycles. The molecule has 1 unspecified atom stereocenters. The van der Waals surface area contributed by atoms with Crippen molar-refractivity contribution in [3.63, 3.8) is 0 Å². The van der Waals surface area contributed by atoms with Gasteiger partial charge in [0.05, 0.1) is 6.20 Å². The Morgan fingerprint density at radius 3 is 2.61 bits per heavy atom. The van der Waals surface area contributed by atoms with E-state index in [-0.39, 0.29) is 6.04 Å². The molecule has 116 valence electrons. The molecule has 23 heavy (non-hydrogen) atoms. The number of aryl methyl sites for hydroxylation is 1. The number of nitrogens with zero attached hydrogens (tertiary/aromatic N) is 3. The van der Waals surface area contributed by atoms with Crippen LogP contribution in [-0.4, -0.2) is 15.2 Å². The van der Waals surface area contributed by atoms with Crippen molar-refractivity contribution in [3.8, 4) is 0 Å². The highest BCUT2D eigenvalue weighted by molar-refractivity contribution is 5.55. The number of nitrogens with one attached hydrogen (secondary N) is 2. The lowest BCUT2D eigenvalue weighted by atomic mass is 10.1. The second kappa shape index (κ2) is 6.87. The molecule has 2 N–H and O–H groups in total. The molecule has 0 amide bonds. The minimum Gasteiger partial charge on any atom is -0.362 e. The molecule has 5 nitrogen and oxygen atoms in total. The minimum absolute atomic E-state index is 0.139. The van der Waals surface area contributed by atoms with Gasteiger partial charge in [-0.1, -0.05) is 42.5 Å². The quantitative estimate of drug-likeness (QED) is 0.743. The third-order valence-corrected chi connectivity index (χ3v) is 3.50. The summed E-state index contributed by atoms with van der Waals surface area (Å²) in [5.41, 5.74) is 3.31. The molecule has 0 fully saturated rings. The summed E-state index contributed by atoms with van der Waals surface area (Å²) in [7, 11) is 0. The molecule has 0 aliphatic heterocycles. The van der Waals surface area contributed by atoms with E-state index in [1.54, 1.807) is 6.20 Å². The zero-order valence-corrected chi connectivity index (χ0v) is 13.2. The van der Waals surface area contributed by atoms with E-state index >= 15 is 0 Å². The summed E-state index contributed by atoms with van der Waals surface area (Å²) in [5, 5.41) is 14.6. The molecule has 0 aliphatic carbocycles.